The van der Waals surface area contributed by atoms with E-state index in [2.05, 4.69) is 51.3 Å². The summed E-state index contributed by atoms with van der Waals surface area (Å²) in [6.45, 7) is 5.23. The Kier molecular flexibility index (Phi) is 3.41. The highest BCUT2D eigenvalue weighted by atomic mass is 79.9. The van der Waals surface area contributed by atoms with Crippen LogP contribution in [0.3, 0.4) is 0 Å². The second kappa shape index (κ2) is 5.06. The van der Waals surface area contributed by atoms with Crippen molar-refractivity contribution in [1.82, 2.24) is 15.5 Å². The summed E-state index contributed by atoms with van der Waals surface area (Å²) in [4.78, 5) is 4.57. The SMILES string of the molecule is Cc1cc(Br)ccc1-c1noc(C2CCNC2C)n1. The highest BCUT2D eigenvalue weighted by Crippen LogP contribution is 2.29. The predicted octanol–water partition coefficient (Wildman–Crippen LogP) is 3.27. The lowest BCUT2D eigenvalue weighted by Gasteiger charge is -2.08. The summed E-state index contributed by atoms with van der Waals surface area (Å²) in [7, 11) is 0. The van der Waals surface area contributed by atoms with Crippen molar-refractivity contribution in [2.75, 3.05) is 6.54 Å². The van der Waals surface area contributed by atoms with Crippen LogP contribution in [0.4, 0.5) is 0 Å². The van der Waals surface area contributed by atoms with Crippen molar-refractivity contribution >= 4 is 15.9 Å². The number of aryl methyl sites for hydroxylation is 1. The summed E-state index contributed by atoms with van der Waals surface area (Å²) >= 11 is 3.46. The minimum absolute atomic E-state index is 0.331. The fraction of sp³-hybridized carbons (Fsp3) is 0.429. The van der Waals surface area contributed by atoms with Gasteiger partial charge in [-0.05, 0) is 50.6 Å². The van der Waals surface area contributed by atoms with E-state index in [1.807, 2.05) is 12.1 Å². The van der Waals surface area contributed by atoms with Gasteiger partial charge in [0.25, 0.3) is 0 Å². The van der Waals surface area contributed by atoms with E-state index in [1.54, 1.807) is 0 Å². The van der Waals surface area contributed by atoms with E-state index in [0.29, 0.717) is 17.8 Å². The topological polar surface area (TPSA) is 51.0 Å². The second-order valence-electron chi connectivity index (χ2n) is 5.05. The van der Waals surface area contributed by atoms with Crippen molar-refractivity contribution in [1.29, 1.82) is 0 Å². The first-order valence-corrected chi connectivity index (χ1v) is 7.28. The Morgan fingerprint density at radius 3 is 2.95 bits per heavy atom. The van der Waals surface area contributed by atoms with Gasteiger partial charge in [-0.2, -0.15) is 4.98 Å². The molecule has 1 aliphatic heterocycles. The number of benzene rings is 1. The predicted molar refractivity (Wildman–Crippen MR) is 77.0 cm³/mol. The Balaban J connectivity index is 1.92. The lowest BCUT2D eigenvalue weighted by molar-refractivity contribution is 0.345. The number of rotatable bonds is 2. The second-order valence-corrected chi connectivity index (χ2v) is 5.97. The normalized spacial score (nSPS) is 22.9. The standard InChI is InChI=1S/C14H16BrN3O/c1-8-7-10(15)3-4-11(8)13-17-14(19-18-13)12-5-6-16-9(12)2/h3-4,7,9,12,16H,5-6H2,1-2H3. The highest BCUT2D eigenvalue weighted by molar-refractivity contribution is 9.10. The Bertz CT molecular complexity index is 596. The molecule has 0 amide bonds. The summed E-state index contributed by atoms with van der Waals surface area (Å²) in [5, 5.41) is 7.53. The van der Waals surface area contributed by atoms with E-state index < -0.39 is 0 Å². The molecule has 1 aromatic carbocycles. The summed E-state index contributed by atoms with van der Waals surface area (Å²) in [6, 6.07) is 6.48. The van der Waals surface area contributed by atoms with Gasteiger partial charge in [0, 0.05) is 16.1 Å². The molecule has 1 aliphatic rings. The van der Waals surface area contributed by atoms with Gasteiger partial charge < -0.3 is 9.84 Å². The third kappa shape index (κ3) is 2.44. The maximum Gasteiger partial charge on any atom is 0.231 e. The third-order valence-electron chi connectivity index (χ3n) is 3.71. The van der Waals surface area contributed by atoms with E-state index in [9.17, 15) is 0 Å². The van der Waals surface area contributed by atoms with Gasteiger partial charge in [-0.1, -0.05) is 21.1 Å². The van der Waals surface area contributed by atoms with Crippen LogP contribution >= 0.6 is 15.9 Å². The van der Waals surface area contributed by atoms with Crippen LogP contribution in [0.2, 0.25) is 0 Å². The van der Waals surface area contributed by atoms with Crippen molar-refractivity contribution in [3.63, 3.8) is 0 Å². The Morgan fingerprint density at radius 2 is 2.26 bits per heavy atom. The molecule has 0 radical (unpaired) electrons. The monoisotopic (exact) mass is 321 g/mol. The van der Waals surface area contributed by atoms with Crippen LogP contribution in [-0.2, 0) is 0 Å². The zero-order chi connectivity index (χ0) is 13.4. The van der Waals surface area contributed by atoms with E-state index >= 15 is 0 Å². The molecule has 2 atom stereocenters. The van der Waals surface area contributed by atoms with E-state index in [0.717, 1.165) is 34.5 Å². The van der Waals surface area contributed by atoms with Crippen molar-refractivity contribution in [2.45, 2.75) is 32.2 Å². The van der Waals surface area contributed by atoms with Gasteiger partial charge in [-0.25, -0.2) is 0 Å². The van der Waals surface area contributed by atoms with E-state index in [1.165, 1.54) is 0 Å². The molecule has 0 aliphatic carbocycles. The summed E-state index contributed by atoms with van der Waals surface area (Å²) < 4.78 is 6.51. The Hall–Kier alpha value is -1.20. The van der Waals surface area contributed by atoms with E-state index in [-0.39, 0.29) is 0 Å². The van der Waals surface area contributed by atoms with Gasteiger partial charge >= 0.3 is 0 Å². The van der Waals surface area contributed by atoms with Crippen molar-refractivity contribution < 1.29 is 4.52 Å². The molecule has 19 heavy (non-hydrogen) atoms. The first-order chi connectivity index (χ1) is 9.15. The van der Waals surface area contributed by atoms with E-state index in [4.69, 9.17) is 4.52 Å². The van der Waals surface area contributed by atoms with Gasteiger partial charge in [0.15, 0.2) is 0 Å². The highest BCUT2D eigenvalue weighted by Gasteiger charge is 2.29. The van der Waals surface area contributed by atoms with Crippen molar-refractivity contribution in [2.24, 2.45) is 0 Å². The minimum atomic E-state index is 0.331. The summed E-state index contributed by atoms with van der Waals surface area (Å²) in [5.74, 6) is 1.76. The lowest BCUT2D eigenvalue weighted by atomic mass is 10.0. The van der Waals surface area contributed by atoms with Crippen LogP contribution in [-0.4, -0.2) is 22.7 Å². The number of halogens is 1. The van der Waals surface area contributed by atoms with Crippen molar-refractivity contribution in [3.05, 3.63) is 34.1 Å². The first kappa shape index (κ1) is 12.8. The molecule has 5 heteroatoms. The molecule has 2 aromatic rings. The van der Waals surface area contributed by atoms with Crippen LogP contribution in [0, 0.1) is 6.92 Å². The Labute approximate surface area is 120 Å². The number of aromatic nitrogens is 2. The van der Waals surface area contributed by atoms with Crippen LogP contribution in [0.15, 0.2) is 27.2 Å². The molecule has 1 aromatic heterocycles. The van der Waals surface area contributed by atoms with Gasteiger partial charge in [-0.15, -0.1) is 0 Å². The van der Waals surface area contributed by atoms with Crippen LogP contribution in [0.25, 0.3) is 11.4 Å². The molecule has 0 saturated carbocycles. The van der Waals surface area contributed by atoms with Gasteiger partial charge in [0.2, 0.25) is 11.7 Å². The fourth-order valence-electron chi connectivity index (χ4n) is 2.57. The largest absolute Gasteiger partial charge is 0.339 e. The quantitative estimate of drug-likeness (QED) is 0.922. The van der Waals surface area contributed by atoms with Gasteiger partial charge in [-0.3, -0.25) is 0 Å². The maximum absolute atomic E-state index is 5.45. The number of nitrogens with zero attached hydrogens (tertiary/aromatic N) is 2. The average molecular weight is 322 g/mol. The summed E-state index contributed by atoms with van der Waals surface area (Å²) in [6.07, 6.45) is 1.06. The van der Waals surface area contributed by atoms with Crippen molar-refractivity contribution in [3.8, 4) is 11.4 Å². The number of hydrogen-bond donors (Lipinski definition) is 1. The van der Waals surface area contributed by atoms with Gasteiger partial charge in [0.05, 0.1) is 5.92 Å². The molecule has 1 fully saturated rings. The van der Waals surface area contributed by atoms with Crippen LogP contribution in [0.1, 0.15) is 30.7 Å². The molecule has 1 N–H and O–H groups in total. The zero-order valence-corrected chi connectivity index (χ0v) is 12.6. The van der Waals surface area contributed by atoms with Crippen LogP contribution < -0.4 is 5.32 Å². The number of hydrogen-bond acceptors (Lipinski definition) is 4. The molecule has 0 spiro atoms. The molecule has 2 heterocycles. The zero-order valence-electron chi connectivity index (χ0n) is 11.0. The van der Waals surface area contributed by atoms with Gasteiger partial charge in [0.1, 0.15) is 0 Å². The molecular weight excluding hydrogens is 306 g/mol. The van der Waals surface area contributed by atoms with Crippen LogP contribution in [0.5, 0.6) is 0 Å². The molecule has 3 rings (SSSR count). The third-order valence-corrected chi connectivity index (χ3v) is 4.21. The molecular formula is C14H16BrN3O. The lowest BCUT2D eigenvalue weighted by Crippen LogP contribution is -2.21. The molecule has 4 nitrogen and oxygen atoms in total. The maximum atomic E-state index is 5.45. The molecule has 0 bridgehead atoms. The smallest absolute Gasteiger partial charge is 0.231 e. The Morgan fingerprint density at radius 1 is 1.42 bits per heavy atom. The molecule has 100 valence electrons. The average Bonchev–Trinajstić information content (AvgIpc) is 2.97. The molecule has 2 unspecified atom stereocenters. The minimum Gasteiger partial charge on any atom is -0.339 e. The summed E-state index contributed by atoms with van der Waals surface area (Å²) in [5.41, 5.74) is 2.16. The fourth-order valence-corrected chi connectivity index (χ4v) is 3.04. The molecule has 1 saturated heterocycles. The number of nitrogens with one attached hydrogen (secondary N) is 1. The first-order valence-electron chi connectivity index (χ1n) is 6.48.